The van der Waals surface area contributed by atoms with Gasteiger partial charge >= 0.3 is 0 Å². The Morgan fingerprint density at radius 1 is 0.320 bits per heavy atom. The first-order chi connectivity index (χ1) is 24.8. The molecule has 0 N–H and O–H groups in total. The molecule has 8 aromatic carbocycles. The molecular weight excluding hydrogens is 607 g/mol. The molecule has 10 aromatic rings. The minimum Gasteiger partial charge on any atom is -0.256 e. The third-order valence-electron chi connectivity index (χ3n) is 9.90. The number of para-hydroxylation sites is 1. The minimum atomic E-state index is 0.689. The van der Waals surface area contributed by atoms with Crippen LogP contribution in [0.4, 0.5) is 0 Å². The molecular formula is C47H29N3. The molecule has 0 bridgehead atoms. The average molecular weight is 636 g/mol. The number of nitrogens with zero attached hydrogens (tertiary/aromatic N) is 3. The molecule has 2 aromatic heterocycles. The van der Waals surface area contributed by atoms with Crippen LogP contribution in [0.5, 0.6) is 0 Å². The highest BCUT2D eigenvalue weighted by atomic mass is 14.9. The summed E-state index contributed by atoms with van der Waals surface area (Å²) in [6.45, 7) is 0. The standard InChI is InChI=1S/C47H29N3/c1-3-15-35-33(11-1)27-42(40-19-7-5-17-38(35)40)44-29-45(43-28-34-12-2-4-16-36(34)39-18-6-8-20-41(39)43)50-47(49-44)32-24-22-30(23-25-32)37-21-9-13-31-14-10-26-48-46(31)37/h1-29H. The summed E-state index contributed by atoms with van der Waals surface area (Å²) in [7, 11) is 0. The van der Waals surface area contributed by atoms with Crippen molar-refractivity contribution in [3.05, 3.63) is 176 Å². The third-order valence-corrected chi connectivity index (χ3v) is 9.90. The zero-order valence-corrected chi connectivity index (χ0v) is 27.1. The Morgan fingerprint density at radius 2 is 0.800 bits per heavy atom. The fourth-order valence-electron chi connectivity index (χ4n) is 7.52. The molecule has 3 heteroatoms. The van der Waals surface area contributed by atoms with Crippen LogP contribution < -0.4 is 0 Å². The number of aromatic nitrogens is 3. The van der Waals surface area contributed by atoms with Gasteiger partial charge < -0.3 is 0 Å². The monoisotopic (exact) mass is 635 g/mol. The van der Waals surface area contributed by atoms with Crippen molar-refractivity contribution in [2.75, 3.05) is 0 Å². The summed E-state index contributed by atoms with van der Waals surface area (Å²) < 4.78 is 0. The molecule has 232 valence electrons. The SMILES string of the molecule is c1cnc2c(-c3ccc(-c4nc(-c5cc6ccccc6c6ccccc56)cc(-c5cc6ccccc6c6ccccc56)n4)cc3)cccc2c1. The van der Waals surface area contributed by atoms with Crippen molar-refractivity contribution in [2.24, 2.45) is 0 Å². The number of hydrogen-bond donors (Lipinski definition) is 0. The van der Waals surface area contributed by atoms with Crippen molar-refractivity contribution in [1.82, 2.24) is 15.0 Å². The van der Waals surface area contributed by atoms with Crippen molar-refractivity contribution in [3.8, 4) is 45.0 Å². The van der Waals surface area contributed by atoms with Gasteiger partial charge in [-0.3, -0.25) is 4.98 Å². The smallest absolute Gasteiger partial charge is 0.160 e. The van der Waals surface area contributed by atoms with E-state index in [2.05, 4.69) is 164 Å². The van der Waals surface area contributed by atoms with Gasteiger partial charge in [0.05, 0.1) is 16.9 Å². The van der Waals surface area contributed by atoms with Crippen LogP contribution >= 0.6 is 0 Å². The van der Waals surface area contributed by atoms with Gasteiger partial charge in [-0.05, 0) is 72.9 Å². The molecule has 0 unspecified atom stereocenters. The molecule has 0 amide bonds. The molecule has 0 aliphatic rings. The summed E-state index contributed by atoms with van der Waals surface area (Å²) in [6.07, 6.45) is 1.86. The minimum absolute atomic E-state index is 0.689. The maximum atomic E-state index is 5.33. The molecule has 0 radical (unpaired) electrons. The van der Waals surface area contributed by atoms with Crippen LogP contribution in [-0.4, -0.2) is 15.0 Å². The molecule has 0 aliphatic heterocycles. The van der Waals surface area contributed by atoms with E-state index in [0.717, 1.165) is 50.1 Å². The Bertz CT molecular complexity index is 2780. The Balaban J connectivity index is 1.22. The predicted molar refractivity (Wildman–Crippen MR) is 209 cm³/mol. The molecule has 0 saturated heterocycles. The van der Waals surface area contributed by atoms with Crippen molar-refractivity contribution >= 4 is 54.0 Å². The van der Waals surface area contributed by atoms with Crippen molar-refractivity contribution in [2.45, 2.75) is 0 Å². The van der Waals surface area contributed by atoms with E-state index >= 15 is 0 Å². The highest BCUT2D eigenvalue weighted by molar-refractivity contribution is 6.15. The Labute approximate surface area is 289 Å². The predicted octanol–water partition coefficient (Wildman–Crippen LogP) is 12.3. The summed E-state index contributed by atoms with van der Waals surface area (Å²) in [5, 5.41) is 10.7. The lowest BCUT2D eigenvalue weighted by Crippen LogP contribution is -1.97. The first-order valence-corrected chi connectivity index (χ1v) is 16.9. The van der Waals surface area contributed by atoms with Crippen molar-refractivity contribution in [1.29, 1.82) is 0 Å². The average Bonchev–Trinajstić information content (AvgIpc) is 3.20. The van der Waals surface area contributed by atoms with Crippen LogP contribution in [0.25, 0.3) is 99.0 Å². The molecule has 2 heterocycles. The quantitative estimate of drug-likeness (QED) is 0.181. The second-order valence-electron chi connectivity index (χ2n) is 12.8. The molecule has 0 spiro atoms. The topological polar surface area (TPSA) is 38.7 Å². The van der Waals surface area contributed by atoms with Gasteiger partial charge in [-0.25, -0.2) is 9.97 Å². The van der Waals surface area contributed by atoms with Crippen LogP contribution in [0.1, 0.15) is 0 Å². The van der Waals surface area contributed by atoms with Gasteiger partial charge in [0.1, 0.15) is 0 Å². The van der Waals surface area contributed by atoms with Crippen LogP contribution in [0.15, 0.2) is 176 Å². The van der Waals surface area contributed by atoms with E-state index < -0.39 is 0 Å². The van der Waals surface area contributed by atoms with Crippen LogP contribution in [0.2, 0.25) is 0 Å². The van der Waals surface area contributed by atoms with Gasteiger partial charge in [-0.1, -0.05) is 146 Å². The number of rotatable bonds is 4. The lowest BCUT2D eigenvalue weighted by atomic mass is 9.93. The summed E-state index contributed by atoms with van der Waals surface area (Å²) >= 11 is 0. The van der Waals surface area contributed by atoms with E-state index in [1.807, 2.05) is 12.3 Å². The fraction of sp³-hybridized carbons (Fsp3) is 0. The largest absolute Gasteiger partial charge is 0.256 e. The highest BCUT2D eigenvalue weighted by Crippen LogP contribution is 2.39. The van der Waals surface area contributed by atoms with E-state index in [1.165, 1.54) is 43.1 Å². The Morgan fingerprint density at radius 3 is 1.40 bits per heavy atom. The lowest BCUT2D eigenvalue weighted by molar-refractivity contribution is 1.19. The second-order valence-corrected chi connectivity index (χ2v) is 12.8. The zero-order valence-electron chi connectivity index (χ0n) is 27.1. The van der Waals surface area contributed by atoms with E-state index in [4.69, 9.17) is 15.0 Å². The Hall–Kier alpha value is -6.71. The fourth-order valence-corrected chi connectivity index (χ4v) is 7.52. The van der Waals surface area contributed by atoms with E-state index in [-0.39, 0.29) is 0 Å². The zero-order chi connectivity index (χ0) is 33.0. The van der Waals surface area contributed by atoms with Gasteiger partial charge in [-0.15, -0.1) is 0 Å². The van der Waals surface area contributed by atoms with Gasteiger partial charge in [-0.2, -0.15) is 0 Å². The first kappa shape index (κ1) is 28.3. The number of pyridine rings is 1. The maximum Gasteiger partial charge on any atom is 0.160 e. The van der Waals surface area contributed by atoms with Crippen molar-refractivity contribution < 1.29 is 0 Å². The summed E-state index contributed by atoms with van der Waals surface area (Å²) in [5.41, 5.74) is 8.14. The van der Waals surface area contributed by atoms with Gasteiger partial charge in [0.15, 0.2) is 5.82 Å². The summed E-state index contributed by atoms with van der Waals surface area (Å²) in [6, 6.07) is 60.2. The Kier molecular flexibility index (Phi) is 6.49. The summed E-state index contributed by atoms with van der Waals surface area (Å²) in [4.78, 5) is 15.4. The maximum absolute atomic E-state index is 5.33. The van der Waals surface area contributed by atoms with E-state index in [0.29, 0.717) is 5.82 Å². The molecule has 3 nitrogen and oxygen atoms in total. The van der Waals surface area contributed by atoms with Crippen molar-refractivity contribution in [3.63, 3.8) is 0 Å². The van der Waals surface area contributed by atoms with E-state index in [1.54, 1.807) is 0 Å². The lowest BCUT2D eigenvalue weighted by Gasteiger charge is -2.15. The second kappa shape index (κ2) is 11.5. The third kappa shape index (κ3) is 4.63. The molecule has 0 fully saturated rings. The molecule has 50 heavy (non-hydrogen) atoms. The number of hydrogen-bond acceptors (Lipinski definition) is 3. The van der Waals surface area contributed by atoms with Crippen LogP contribution in [0.3, 0.4) is 0 Å². The van der Waals surface area contributed by atoms with Gasteiger partial charge in [0, 0.05) is 33.8 Å². The van der Waals surface area contributed by atoms with Gasteiger partial charge in [0.2, 0.25) is 0 Å². The number of benzene rings is 8. The normalized spacial score (nSPS) is 11.6. The van der Waals surface area contributed by atoms with Crippen LogP contribution in [0, 0.1) is 0 Å². The summed E-state index contributed by atoms with van der Waals surface area (Å²) in [5.74, 6) is 0.689. The molecule has 10 rings (SSSR count). The highest BCUT2D eigenvalue weighted by Gasteiger charge is 2.17. The number of fused-ring (bicyclic) bond motifs is 7. The van der Waals surface area contributed by atoms with Crippen LogP contribution in [-0.2, 0) is 0 Å². The first-order valence-electron chi connectivity index (χ1n) is 16.9. The van der Waals surface area contributed by atoms with Gasteiger partial charge in [0.25, 0.3) is 0 Å². The molecule has 0 saturated carbocycles. The van der Waals surface area contributed by atoms with E-state index in [9.17, 15) is 0 Å². The molecule has 0 aliphatic carbocycles. The molecule has 0 atom stereocenters.